The fourth-order valence-electron chi connectivity index (χ4n) is 7.34. The van der Waals surface area contributed by atoms with Crippen LogP contribution in [0.15, 0.2) is 91.0 Å². The summed E-state index contributed by atoms with van der Waals surface area (Å²) in [4.78, 5) is 0. The van der Waals surface area contributed by atoms with Gasteiger partial charge in [-0.3, -0.25) is 0 Å². The molecule has 0 aliphatic carbocycles. The molecular weight excluding hydrogens is 1230 g/mol. The summed E-state index contributed by atoms with van der Waals surface area (Å²) >= 11 is 0. The molecule has 1 radical (unpaired) electrons. The first kappa shape index (κ1) is 77.4. The molecule has 1 N–H and O–H groups in total. The maximum absolute atomic E-state index is 9.14. The van der Waals surface area contributed by atoms with E-state index in [1.165, 1.54) is 0 Å². The Morgan fingerprint density at radius 3 is 0.507 bits per heavy atom. The van der Waals surface area contributed by atoms with Crippen LogP contribution in [0.1, 0.15) is 16.7 Å². The van der Waals surface area contributed by atoms with Gasteiger partial charge in [0.15, 0.2) is 0 Å². The van der Waals surface area contributed by atoms with Crippen molar-refractivity contribution in [3.8, 4) is 0 Å². The summed E-state index contributed by atoms with van der Waals surface area (Å²) in [5, 5.41) is 0. The van der Waals surface area contributed by atoms with Gasteiger partial charge < -0.3 is 57.6 Å². The van der Waals surface area contributed by atoms with Crippen molar-refractivity contribution in [3.05, 3.63) is 127 Å². The second kappa shape index (κ2) is 42.1. The third kappa shape index (κ3) is 50.1. The molecule has 0 saturated carbocycles. The average molecular weight is 1340 g/mol. The van der Waals surface area contributed by atoms with Crippen molar-refractivity contribution in [3.63, 3.8) is 0 Å². The molecule has 0 spiro atoms. The van der Waals surface area contributed by atoms with Gasteiger partial charge in [-0.25, -0.2) is 0 Å². The van der Waals surface area contributed by atoms with E-state index in [0.29, 0.717) is 106 Å². The monoisotopic (exact) mass is 1340 g/mol. The van der Waals surface area contributed by atoms with Crippen LogP contribution in [-0.2, 0) is 43.4 Å². The van der Waals surface area contributed by atoms with Gasteiger partial charge in [-0.05, 0) is 5.54 Å². The summed E-state index contributed by atoms with van der Waals surface area (Å²) in [6.07, 6.45) is 0. The van der Waals surface area contributed by atoms with Gasteiger partial charge in [0.1, 0.15) is 0 Å². The summed E-state index contributed by atoms with van der Waals surface area (Å²) < 4.78 is 56.2. The Balaban J connectivity index is -0.000000828. The standard InChI is InChI=1S/C19H16N.2C8H16O4.3C6H18NSi2.Li.U/c20-19(16-10-4-1-5-11-16,17-12-6-2-7-13-17)18-14-8-3-9-15-18;2*1-2-10-5-6-12-8-7-11-4-3-9-1;3*1-8(2,3)7-9(4,5)6;;/h1-15,20H;2*1-8H2;3*1-6H3;;/q-1;;;3*-1;+1;+3. The van der Waals surface area contributed by atoms with Crippen LogP contribution < -0.4 is 18.9 Å². The zero-order valence-corrected chi connectivity index (χ0v) is 59.7. The topological polar surface area (TPSA) is 140 Å². The second-order valence-corrected chi connectivity index (χ2v) is 51.8. The number of hydrogen-bond donors (Lipinski definition) is 0. The fraction of sp³-hybridized carbons (Fsp3) is 0.660. The Kier molecular flexibility index (Phi) is 44.6. The molecule has 2 heterocycles. The van der Waals surface area contributed by atoms with Crippen molar-refractivity contribution >= 4 is 49.4 Å². The summed E-state index contributed by atoms with van der Waals surface area (Å²) in [7, 11) is -6.64. The molecule has 73 heavy (non-hydrogen) atoms. The molecule has 411 valence electrons. The van der Waals surface area contributed by atoms with E-state index < -0.39 is 55.0 Å². The quantitative estimate of drug-likeness (QED) is 0.152. The molecule has 0 aromatic heterocycles. The van der Waals surface area contributed by atoms with Gasteiger partial charge in [-0.1, -0.05) is 275 Å². The van der Waals surface area contributed by atoms with Crippen LogP contribution in [0.25, 0.3) is 19.7 Å². The number of benzene rings is 3. The minimum Gasteiger partial charge on any atom is -0.668 e. The van der Waals surface area contributed by atoms with Crippen LogP contribution in [-0.4, -0.2) is 155 Å². The molecule has 0 amide bonds. The van der Waals surface area contributed by atoms with E-state index in [0.717, 1.165) is 16.7 Å². The molecule has 3 aromatic rings. The third-order valence-electron chi connectivity index (χ3n) is 8.61. The molecule has 3 aromatic carbocycles. The van der Waals surface area contributed by atoms with Gasteiger partial charge in [-0.15, -0.1) is 0 Å². The Morgan fingerprint density at radius 2 is 0.411 bits per heavy atom. The zero-order chi connectivity index (χ0) is 53.9. The number of nitrogens with one attached hydrogen (secondary N) is 1. The van der Waals surface area contributed by atoms with Gasteiger partial charge in [-0.2, -0.15) is 0 Å². The third-order valence-corrected chi connectivity index (χ3v) is 24.7. The predicted molar refractivity (Wildman–Crippen MR) is 320 cm³/mol. The summed E-state index contributed by atoms with van der Waals surface area (Å²) in [5.74, 6) is 0. The first-order valence-electron chi connectivity index (χ1n) is 25.7. The van der Waals surface area contributed by atoms with Crippen LogP contribution in [0, 0.1) is 31.1 Å². The molecular formula is C53H102LiN4O8Si6U. The van der Waals surface area contributed by atoms with Crippen molar-refractivity contribution in [1.29, 1.82) is 0 Å². The van der Waals surface area contributed by atoms with Crippen LogP contribution >= 0.6 is 0 Å². The summed E-state index contributed by atoms with van der Waals surface area (Å²) in [5.41, 5.74) is 11.2. The first-order chi connectivity index (χ1) is 32.9. The second-order valence-electron chi connectivity index (χ2n) is 23.1. The van der Waals surface area contributed by atoms with Gasteiger partial charge in [0.2, 0.25) is 0 Å². The van der Waals surface area contributed by atoms with Gasteiger partial charge in [0.05, 0.1) is 106 Å². The maximum Gasteiger partial charge on any atom is 3.00 e. The number of rotatable bonds is 9. The van der Waals surface area contributed by atoms with E-state index in [9.17, 15) is 0 Å². The molecule has 2 fully saturated rings. The number of hydrogen-bond acceptors (Lipinski definition) is 8. The van der Waals surface area contributed by atoms with E-state index in [1.54, 1.807) is 0 Å². The largest absolute Gasteiger partial charge is 3.00 e. The van der Waals surface area contributed by atoms with Crippen molar-refractivity contribution in [2.75, 3.05) is 106 Å². The predicted octanol–water partition coefficient (Wildman–Crippen LogP) is 11.3. The Labute approximate surface area is 489 Å². The maximum atomic E-state index is 9.14. The van der Waals surface area contributed by atoms with E-state index >= 15 is 0 Å². The molecule has 0 bridgehead atoms. The van der Waals surface area contributed by atoms with E-state index in [2.05, 4.69) is 118 Å². The molecule has 20 heteroatoms. The molecule has 2 aliphatic rings. The normalized spacial score (nSPS) is 16.2. The van der Waals surface area contributed by atoms with Gasteiger partial charge in [0, 0.05) is 0 Å². The Morgan fingerprint density at radius 1 is 0.288 bits per heavy atom. The Bertz CT molecular complexity index is 1400. The fourth-order valence-corrected chi connectivity index (χ4v) is 31.5. The number of ether oxygens (including phenoxy) is 8. The van der Waals surface area contributed by atoms with E-state index in [-0.39, 0.29) is 50.0 Å². The van der Waals surface area contributed by atoms with Crippen molar-refractivity contribution < 1.29 is 87.9 Å². The average Bonchev–Trinajstić information content (AvgIpc) is 3.22. The van der Waals surface area contributed by atoms with Crippen LogP contribution in [0.5, 0.6) is 0 Å². The minimum absolute atomic E-state index is 0. The van der Waals surface area contributed by atoms with Crippen molar-refractivity contribution in [2.45, 2.75) is 123 Å². The van der Waals surface area contributed by atoms with Gasteiger partial charge in [0.25, 0.3) is 0 Å². The molecule has 2 aliphatic heterocycles. The molecule has 2 saturated heterocycles. The van der Waals surface area contributed by atoms with E-state index in [1.807, 2.05) is 91.0 Å². The zero-order valence-electron chi connectivity index (χ0n) is 49.6. The molecule has 0 unspecified atom stereocenters. The molecule has 12 nitrogen and oxygen atoms in total. The van der Waals surface area contributed by atoms with Crippen molar-refractivity contribution in [2.24, 2.45) is 0 Å². The van der Waals surface area contributed by atoms with Crippen molar-refractivity contribution in [1.82, 2.24) is 0 Å². The van der Waals surface area contributed by atoms with Gasteiger partial charge >= 0.3 is 50.0 Å². The first-order valence-corrected chi connectivity index (χ1v) is 46.4. The van der Waals surface area contributed by atoms with Crippen LogP contribution in [0.3, 0.4) is 0 Å². The van der Waals surface area contributed by atoms with Crippen LogP contribution in [0.4, 0.5) is 0 Å². The molecule has 5 rings (SSSR count). The Hall–Kier alpha value is 0.131. The smallest absolute Gasteiger partial charge is 0.668 e. The van der Waals surface area contributed by atoms with Crippen LogP contribution in [0.2, 0.25) is 118 Å². The van der Waals surface area contributed by atoms with E-state index in [4.69, 9.17) is 57.6 Å². The number of nitrogens with zero attached hydrogens (tertiary/aromatic N) is 3. The SMILES string of the molecule is C1COCCOCCOCCO1.C1COCCOCCOCCO1.C[Si](C)(C)[N-][Si](C)(C)C.C[Si](C)(C)[N-][Si](C)(C)C.C[Si](C)(C)[N-][Si](C)(C)C.[Li+].[NH-]C(c1ccccc1)(c1ccccc1)c1ccccc1.[U+3]. The summed E-state index contributed by atoms with van der Waals surface area (Å²) in [6.45, 7) is 51.6. The summed E-state index contributed by atoms with van der Waals surface area (Å²) in [6, 6.07) is 30.0. The minimum atomic E-state index is -1.11. The molecule has 0 atom stereocenters.